The van der Waals surface area contributed by atoms with Gasteiger partial charge in [-0.1, -0.05) is 20.4 Å². The minimum Gasteiger partial charge on any atom is -0.385 e. The Labute approximate surface area is 68.1 Å². The molecular formula is C10H16O. The molecule has 1 nitrogen and oxygen atoms in total. The van der Waals surface area contributed by atoms with E-state index in [1.165, 1.54) is 6.42 Å². The van der Waals surface area contributed by atoms with E-state index in [1.807, 2.05) is 0 Å². The van der Waals surface area contributed by atoms with Crippen LogP contribution in [-0.2, 0) is 0 Å². The Morgan fingerprint density at radius 2 is 2.18 bits per heavy atom. The molecule has 2 bridgehead atoms. The molecule has 2 atom stereocenters. The fourth-order valence-electron chi connectivity index (χ4n) is 2.76. The first-order valence-corrected chi connectivity index (χ1v) is 4.39. The fraction of sp³-hybridized carbons (Fsp3) is 0.800. The molecule has 0 radical (unpaired) electrons. The standard InChI is InChI=1S/C10H16O/c1-7-9(2,3)8-4-5-10(7,11)6-8/h8,11H,1,4-6H2,2-3H3/t8?,10-/m1/s1. The summed E-state index contributed by atoms with van der Waals surface area (Å²) in [5.74, 6) is 0.681. The van der Waals surface area contributed by atoms with Gasteiger partial charge in [0.25, 0.3) is 0 Å². The van der Waals surface area contributed by atoms with Gasteiger partial charge in [0.1, 0.15) is 0 Å². The number of hydrogen-bond donors (Lipinski definition) is 1. The van der Waals surface area contributed by atoms with Crippen molar-refractivity contribution in [3.63, 3.8) is 0 Å². The Morgan fingerprint density at radius 3 is 2.45 bits per heavy atom. The summed E-state index contributed by atoms with van der Waals surface area (Å²) >= 11 is 0. The maximum atomic E-state index is 10.0. The highest BCUT2D eigenvalue weighted by Gasteiger charge is 2.56. The minimum absolute atomic E-state index is 0.188. The van der Waals surface area contributed by atoms with Gasteiger partial charge in [0.05, 0.1) is 5.60 Å². The molecule has 0 amide bonds. The maximum Gasteiger partial charge on any atom is 0.0862 e. The summed E-state index contributed by atoms with van der Waals surface area (Å²) in [6.45, 7) is 8.42. The fourth-order valence-corrected chi connectivity index (χ4v) is 2.76. The number of fused-ring (bicyclic) bond motifs is 2. The quantitative estimate of drug-likeness (QED) is 0.527. The molecular weight excluding hydrogens is 136 g/mol. The van der Waals surface area contributed by atoms with Crippen LogP contribution in [0.4, 0.5) is 0 Å². The number of rotatable bonds is 0. The molecule has 0 aromatic heterocycles. The van der Waals surface area contributed by atoms with Crippen LogP contribution in [0.2, 0.25) is 0 Å². The van der Waals surface area contributed by atoms with Gasteiger partial charge in [0.15, 0.2) is 0 Å². The summed E-state index contributed by atoms with van der Waals surface area (Å²) in [4.78, 5) is 0. The topological polar surface area (TPSA) is 20.2 Å². The van der Waals surface area contributed by atoms with Gasteiger partial charge in [-0.3, -0.25) is 0 Å². The van der Waals surface area contributed by atoms with Crippen LogP contribution in [0.3, 0.4) is 0 Å². The van der Waals surface area contributed by atoms with Gasteiger partial charge >= 0.3 is 0 Å². The van der Waals surface area contributed by atoms with Crippen LogP contribution in [0.15, 0.2) is 12.2 Å². The van der Waals surface area contributed by atoms with E-state index in [0.29, 0.717) is 5.92 Å². The number of hydrogen-bond acceptors (Lipinski definition) is 1. The third-order valence-electron chi connectivity index (χ3n) is 3.85. The van der Waals surface area contributed by atoms with Gasteiger partial charge < -0.3 is 5.11 Å². The molecule has 62 valence electrons. The smallest absolute Gasteiger partial charge is 0.0862 e. The molecule has 2 aliphatic carbocycles. The molecule has 2 rings (SSSR count). The van der Waals surface area contributed by atoms with Crippen LogP contribution < -0.4 is 0 Å². The summed E-state index contributed by atoms with van der Waals surface area (Å²) in [6, 6.07) is 0. The molecule has 1 heteroatoms. The van der Waals surface area contributed by atoms with Gasteiger partial charge in [-0.2, -0.15) is 0 Å². The molecule has 1 unspecified atom stereocenters. The molecule has 2 saturated carbocycles. The van der Waals surface area contributed by atoms with Crippen molar-refractivity contribution < 1.29 is 5.11 Å². The zero-order valence-electron chi connectivity index (χ0n) is 7.35. The minimum atomic E-state index is -0.492. The van der Waals surface area contributed by atoms with Crippen molar-refractivity contribution in [1.82, 2.24) is 0 Å². The summed E-state index contributed by atoms with van der Waals surface area (Å²) in [6.07, 6.45) is 3.08. The van der Waals surface area contributed by atoms with E-state index in [-0.39, 0.29) is 5.41 Å². The SMILES string of the molecule is C=C1C(C)(C)C2CC[C@@]1(O)C2. The van der Waals surface area contributed by atoms with Crippen LogP contribution in [-0.4, -0.2) is 10.7 Å². The van der Waals surface area contributed by atoms with E-state index in [1.54, 1.807) is 0 Å². The predicted molar refractivity (Wildman–Crippen MR) is 45.2 cm³/mol. The lowest BCUT2D eigenvalue weighted by Gasteiger charge is -2.34. The average Bonchev–Trinajstić information content (AvgIpc) is 2.36. The zero-order valence-corrected chi connectivity index (χ0v) is 7.35. The van der Waals surface area contributed by atoms with Crippen LogP contribution in [0.25, 0.3) is 0 Å². The Morgan fingerprint density at radius 1 is 1.55 bits per heavy atom. The van der Waals surface area contributed by atoms with E-state index in [0.717, 1.165) is 18.4 Å². The lowest BCUT2D eigenvalue weighted by molar-refractivity contribution is 0.0850. The van der Waals surface area contributed by atoms with E-state index < -0.39 is 5.60 Å². The highest BCUT2D eigenvalue weighted by Crippen LogP contribution is 2.60. The van der Waals surface area contributed by atoms with Gasteiger partial charge in [0.2, 0.25) is 0 Å². The predicted octanol–water partition coefficient (Wildman–Crippen LogP) is 2.11. The third kappa shape index (κ3) is 0.698. The largest absolute Gasteiger partial charge is 0.385 e. The second-order valence-corrected chi connectivity index (χ2v) is 4.67. The first-order chi connectivity index (χ1) is 4.97. The Hall–Kier alpha value is -0.300. The summed E-state index contributed by atoms with van der Waals surface area (Å²) in [7, 11) is 0. The van der Waals surface area contributed by atoms with Crippen LogP contribution in [0.5, 0.6) is 0 Å². The molecule has 0 aromatic carbocycles. The van der Waals surface area contributed by atoms with E-state index in [9.17, 15) is 5.11 Å². The van der Waals surface area contributed by atoms with E-state index in [2.05, 4.69) is 20.4 Å². The first-order valence-electron chi connectivity index (χ1n) is 4.39. The van der Waals surface area contributed by atoms with Gasteiger partial charge in [0, 0.05) is 0 Å². The van der Waals surface area contributed by atoms with Crippen molar-refractivity contribution in [2.45, 2.75) is 38.7 Å². The second kappa shape index (κ2) is 1.71. The lowest BCUT2D eigenvalue weighted by atomic mass is 9.72. The van der Waals surface area contributed by atoms with Crippen LogP contribution in [0, 0.1) is 11.3 Å². The van der Waals surface area contributed by atoms with E-state index in [4.69, 9.17) is 0 Å². The molecule has 0 aliphatic heterocycles. The highest BCUT2D eigenvalue weighted by molar-refractivity contribution is 5.31. The second-order valence-electron chi connectivity index (χ2n) is 4.67. The first kappa shape index (κ1) is 7.35. The van der Waals surface area contributed by atoms with Crippen molar-refractivity contribution in [3.8, 4) is 0 Å². The lowest BCUT2D eigenvalue weighted by Crippen LogP contribution is -2.31. The maximum absolute atomic E-state index is 10.0. The summed E-state index contributed by atoms with van der Waals surface area (Å²) < 4.78 is 0. The highest BCUT2D eigenvalue weighted by atomic mass is 16.3. The van der Waals surface area contributed by atoms with E-state index >= 15 is 0 Å². The van der Waals surface area contributed by atoms with Gasteiger partial charge in [-0.25, -0.2) is 0 Å². The van der Waals surface area contributed by atoms with Crippen molar-refractivity contribution in [1.29, 1.82) is 0 Å². The summed E-state index contributed by atoms with van der Waals surface area (Å²) in [5.41, 5.74) is 0.766. The third-order valence-corrected chi connectivity index (χ3v) is 3.85. The van der Waals surface area contributed by atoms with Gasteiger partial charge in [-0.15, -0.1) is 0 Å². The molecule has 0 spiro atoms. The normalized spacial score (nSPS) is 46.8. The van der Waals surface area contributed by atoms with Crippen molar-refractivity contribution >= 4 is 0 Å². The molecule has 0 heterocycles. The van der Waals surface area contributed by atoms with Crippen molar-refractivity contribution in [2.24, 2.45) is 11.3 Å². The van der Waals surface area contributed by atoms with Crippen molar-refractivity contribution in [3.05, 3.63) is 12.2 Å². The Balaban J connectivity index is 2.42. The molecule has 0 saturated heterocycles. The Kier molecular flexibility index (Phi) is 1.15. The number of aliphatic hydroxyl groups is 1. The molecule has 2 aliphatic rings. The molecule has 1 N–H and O–H groups in total. The summed E-state index contributed by atoms with van der Waals surface area (Å²) in [5, 5.41) is 10.0. The van der Waals surface area contributed by atoms with Crippen LogP contribution in [0.1, 0.15) is 33.1 Å². The molecule has 2 fully saturated rings. The van der Waals surface area contributed by atoms with Gasteiger partial charge in [-0.05, 0) is 36.2 Å². The Bertz CT molecular complexity index is 210. The molecule has 0 aromatic rings. The monoisotopic (exact) mass is 152 g/mol. The average molecular weight is 152 g/mol. The van der Waals surface area contributed by atoms with Crippen molar-refractivity contribution in [2.75, 3.05) is 0 Å². The molecule has 11 heavy (non-hydrogen) atoms. The zero-order chi connectivity index (χ0) is 8.28. The van der Waals surface area contributed by atoms with Crippen LogP contribution >= 0.6 is 0 Å².